The molecule has 0 spiro atoms. The van der Waals surface area contributed by atoms with Gasteiger partial charge in [-0.1, -0.05) is 42.3 Å². The highest BCUT2D eigenvalue weighted by Crippen LogP contribution is 2.32. The Morgan fingerprint density at radius 2 is 1.81 bits per heavy atom. The van der Waals surface area contributed by atoms with Gasteiger partial charge in [-0.3, -0.25) is 0 Å². The Morgan fingerprint density at radius 1 is 1.19 bits per heavy atom. The van der Waals surface area contributed by atoms with Crippen molar-refractivity contribution >= 4 is 23.2 Å². The van der Waals surface area contributed by atoms with Crippen LogP contribution >= 0.6 is 23.2 Å². The molecule has 0 saturated carbocycles. The van der Waals surface area contributed by atoms with E-state index in [1.54, 1.807) is 17.1 Å². The van der Waals surface area contributed by atoms with Gasteiger partial charge in [0.15, 0.2) is 0 Å². The minimum Gasteiger partial charge on any atom is -0.218 e. The maximum Gasteiger partial charge on any atom is 0.104 e. The lowest BCUT2D eigenvalue weighted by atomic mass is 10.0. The quantitative estimate of drug-likeness (QED) is 0.820. The first-order chi connectivity index (χ1) is 7.59. The van der Waals surface area contributed by atoms with Crippen molar-refractivity contribution in [2.75, 3.05) is 0 Å². The lowest BCUT2D eigenvalue weighted by Crippen LogP contribution is -1.99. The van der Waals surface area contributed by atoms with E-state index in [0.29, 0.717) is 21.7 Å². The molecule has 0 saturated heterocycles. The van der Waals surface area contributed by atoms with E-state index in [-0.39, 0.29) is 0 Å². The van der Waals surface area contributed by atoms with Gasteiger partial charge in [-0.2, -0.15) is 0 Å². The maximum absolute atomic E-state index is 6.20. The second-order valence-corrected chi connectivity index (χ2v) is 4.65. The number of hydrogen-bond acceptors (Lipinski definition) is 2. The molecule has 0 fully saturated rings. The standard InChI is InChI=1S/C11H11Cl2N3/c1-7(2)8-5-9(12)11(10(13)6-8)16-4-3-14-15-16/h3-7H,1-2H3. The van der Waals surface area contributed by atoms with Crippen molar-refractivity contribution < 1.29 is 0 Å². The molecule has 84 valence electrons. The smallest absolute Gasteiger partial charge is 0.104 e. The number of halogens is 2. The Balaban J connectivity index is 2.56. The Bertz CT molecular complexity index is 469. The van der Waals surface area contributed by atoms with Gasteiger partial charge in [-0.15, -0.1) is 5.10 Å². The minimum atomic E-state index is 0.389. The first-order valence-corrected chi connectivity index (χ1v) is 5.71. The Morgan fingerprint density at radius 3 is 2.25 bits per heavy atom. The first kappa shape index (κ1) is 11.4. The normalized spacial score (nSPS) is 11.1. The Labute approximate surface area is 104 Å². The van der Waals surface area contributed by atoms with Crippen LogP contribution in [-0.2, 0) is 0 Å². The molecule has 5 heteroatoms. The van der Waals surface area contributed by atoms with Crippen molar-refractivity contribution in [1.29, 1.82) is 0 Å². The molecule has 0 amide bonds. The van der Waals surface area contributed by atoms with E-state index >= 15 is 0 Å². The molecular formula is C11H11Cl2N3. The molecule has 3 nitrogen and oxygen atoms in total. The second-order valence-electron chi connectivity index (χ2n) is 3.84. The summed E-state index contributed by atoms with van der Waals surface area (Å²) in [6.07, 6.45) is 3.30. The lowest BCUT2D eigenvalue weighted by molar-refractivity contribution is 0.800. The maximum atomic E-state index is 6.20. The van der Waals surface area contributed by atoms with E-state index < -0.39 is 0 Å². The van der Waals surface area contributed by atoms with Crippen molar-refractivity contribution in [2.45, 2.75) is 19.8 Å². The third kappa shape index (κ3) is 2.06. The number of hydrogen-bond donors (Lipinski definition) is 0. The molecule has 1 aromatic carbocycles. The Kier molecular flexibility index (Phi) is 3.17. The van der Waals surface area contributed by atoms with E-state index in [4.69, 9.17) is 23.2 Å². The summed E-state index contributed by atoms with van der Waals surface area (Å²) < 4.78 is 1.56. The zero-order valence-corrected chi connectivity index (χ0v) is 10.5. The van der Waals surface area contributed by atoms with E-state index in [2.05, 4.69) is 24.2 Å². The number of rotatable bonds is 2. The van der Waals surface area contributed by atoms with Crippen molar-refractivity contribution in [2.24, 2.45) is 0 Å². The first-order valence-electron chi connectivity index (χ1n) is 4.95. The predicted octanol–water partition coefficient (Wildman–Crippen LogP) is 3.70. The summed E-state index contributed by atoms with van der Waals surface area (Å²) >= 11 is 12.4. The van der Waals surface area contributed by atoms with Crippen LogP contribution in [0.4, 0.5) is 0 Å². The van der Waals surface area contributed by atoms with Crippen LogP contribution in [0.25, 0.3) is 5.69 Å². The van der Waals surface area contributed by atoms with E-state index in [1.165, 1.54) is 0 Å². The average Bonchev–Trinajstić information content (AvgIpc) is 2.69. The highest BCUT2D eigenvalue weighted by molar-refractivity contribution is 6.37. The summed E-state index contributed by atoms with van der Waals surface area (Å²) in [7, 11) is 0. The molecule has 0 bridgehead atoms. The fraction of sp³-hybridized carbons (Fsp3) is 0.273. The van der Waals surface area contributed by atoms with Gasteiger partial charge in [0.1, 0.15) is 5.69 Å². The topological polar surface area (TPSA) is 30.7 Å². The van der Waals surface area contributed by atoms with Crippen LogP contribution in [0.5, 0.6) is 0 Å². The van der Waals surface area contributed by atoms with Crippen LogP contribution in [0.1, 0.15) is 25.3 Å². The van der Waals surface area contributed by atoms with Gasteiger partial charge in [-0.25, -0.2) is 4.68 Å². The van der Waals surface area contributed by atoms with Gasteiger partial charge in [-0.05, 0) is 23.6 Å². The van der Waals surface area contributed by atoms with Crippen molar-refractivity contribution in [3.8, 4) is 5.69 Å². The van der Waals surface area contributed by atoms with Crippen LogP contribution in [0, 0.1) is 0 Å². The molecule has 0 aliphatic carbocycles. The lowest BCUT2D eigenvalue weighted by Gasteiger charge is -2.11. The summed E-state index contributed by atoms with van der Waals surface area (Å²) in [6, 6.07) is 3.82. The molecule has 2 aromatic rings. The van der Waals surface area contributed by atoms with Crippen molar-refractivity contribution in [3.05, 3.63) is 40.1 Å². The molecule has 0 aliphatic rings. The molecule has 16 heavy (non-hydrogen) atoms. The monoisotopic (exact) mass is 255 g/mol. The van der Waals surface area contributed by atoms with Gasteiger partial charge in [0.2, 0.25) is 0 Å². The third-order valence-corrected chi connectivity index (χ3v) is 2.93. The van der Waals surface area contributed by atoms with Crippen LogP contribution in [0.2, 0.25) is 10.0 Å². The van der Waals surface area contributed by atoms with Gasteiger partial charge < -0.3 is 0 Å². The van der Waals surface area contributed by atoms with Crippen molar-refractivity contribution in [3.63, 3.8) is 0 Å². The molecule has 0 N–H and O–H groups in total. The number of aromatic nitrogens is 3. The summed E-state index contributed by atoms with van der Waals surface area (Å²) in [5.41, 5.74) is 1.78. The van der Waals surface area contributed by atoms with Gasteiger partial charge in [0.05, 0.1) is 22.4 Å². The molecule has 0 atom stereocenters. The van der Waals surface area contributed by atoms with Gasteiger partial charge in [0, 0.05) is 0 Å². The highest BCUT2D eigenvalue weighted by atomic mass is 35.5. The number of benzene rings is 1. The zero-order chi connectivity index (χ0) is 11.7. The van der Waals surface area contributed by atoms with Crippen LogP contribution in [0.3, 0.4) is 0 Å². The highest BCUT2D eigenvalue weighted by Gasteiger charge is 2.12. The number of nitrogens with zero attached hydrogens (tertiary/aromatic N) is 3. The molecule has 1 aromatic heterocycles. The summed E-state index contributed by atoms with van der Waals surface area (Å²) in [5.74, 6) is 0.389. The van der Waals surface area contributed by atoms with Crippen molar-refractivity contribution in [1.82, 2.24) is 15.0 Å². The summed E-state index contributed by atoms with van der Waals surface area (Å²) in [4.78, 5) is 0. The molecule has 0 radical (unpaired) electrons. The average molecular weight is 256 g/mol. The molecule has 2 rings (SSSR count). The van der Waals surface area contributed by atoms with Gasteiger partial charge >= 0.3 is 0 Å². The Hall–Kier alpha value is -1.06. The van der Waals surface area contributed by atoms with Crippen LogP contribution in [-0.4, -0.2) is 15.0 Å². The summed E-state index contributed by atoms with van der Waals surface area (Å²) in [5, 5.41) is 8.78. The zero-order valence-electron chi connectivity index (χ0n) is 8.98. The molecular weight excluding hydrogens is 245 g/mol. The molecule has 0 unspecified atom stereocenters. The van der Waals surface area contributed by atoms with E-state index in [0.717, 1.165) is 5.56 Å². The fourth-order valence-corrected chi connectivity index (χ4v) is 2.14. The minimum absolute atomic E-state index is 0.389. The third-order valence-electron chi connectivity index (χ3n) is 2.36. The fourth-order valence-electron chi connectivity index (χ4n) is 1.46. The summed E-state index contributed by atoms with van der Waals surface area (Å²) in [6.45, 7) is 4.19. The molecule has 1 heterocycles. The second kappa shape index (κ2) is 4.44. The largest absolute Gasteiger partial charge is 0.218 e. The van der Waals surface area contributed by atoms with E-state index in [1.807, 2.05) is 12.1 Å². The van der Waals surface area contributed by atoms with Crippen LogP contribution in [0.15, 0.2) is 24.5 Å². The van der Waals surface area contributed by atoms with Crippen LogP contribution < -0.4 is 0 Å². The SMILES string of the molecule is CC(C)c1cc(Cl)c(-n2ccnn2)c(Cl)c1. The predicted molar refractivity (Wildman–Crippen MR) is 65.5 cm³/mol. The van der Waals surface area contributed by atoms with Gasteiger partial charge in [0.25, 0.3) is 0 Å². The molecule has 0 aliphatic heterocycles. The van der Waals surface area contributed by atoms with E-state index in [9.17, 15) is 0 Å².